The molecule has 7 aromatic rings. The summed E-state index contributed by atoms with van der Waals surface area (Å²) in [7, 11) is 0. The molecule has 534 valence electrons. The maximum Gasteiger partial charge on any atom is 0.335 e. The molecule has 100 heavy (non-hydrogen) atoms. The van der Waals surface area contributed by atoms with Crippen molar-refractivity contribution in [1.82, 2.24) is 0 Å². The number of ether oxygens (including phenoxy) is 12. The number of carbonyl (C=O) groups excluding carboxylic acids is 4. The third-order valence-corrected chi connectivity index (χ3v) is 15.7. The van der Waals surface area contributed by atoms with E-state index in [1.165, 1.54) is 113 Å². The van der Waals surface area contributed by atoms with E-state index >= 15 is 0 Å². The highest BCUT2D eigenvalue weighted by Gasteiger charge is 2.21. The zero-order chi connectivity index (χ0) is 71.6. The highest BCUT2D eigenvalue weighted by Crippen LogP contribution is 2.31. The van der Waals surface area contributed by atoms with Crippen LogP contribution in [0.4, 0.5) is 0 Å². The van der Waals surface area contributed by atoms with Crippen LogP contribution in [-0.2, 0) is 43.2 Å². The number of aryl methyl sites for hydroxylation is 3. The average Bonchev–Trinajstić information content (AvgIpc) is 1.36. The molecule has 1 fully saturated rings. The minimum Gasteiger partial charge on any atom is -0.468 e. The van der Waals surface area contributed by atoms with Gasteiger partial charge in [-0.3, -0.25) is 0 Å². The lowest BCUT2D eigenvalue weighted by molar-refractivity contribution is -0.129. The Morgan fingerprint density at radius 3 is 0.830 bits per heavy atom. The van der Waals surface area contributed by atoms with Crippen LogP contribution in [0.3, 0.4) is 0 Å². The number of carbonyl (C=O) groups is 4. The number of benzene rings is 7. The lowest BCUT2D eigenvalue weighted by atomic mass is 9.84. The summed E-state index contributed by atoms with van der Waals surface area (Å²) in [4.78, 5) is 44.4. The molecule has 0 N–H and O–H groups in total. The Balaban J connectivity index is 0.000000240. The average molecular weight is 1370 g/mol. The van der Waals surface area contributed by atoms with Gasteiger partial charge in [-0.1, -0.05) is 155 Å². The lowest BCUT2D eigenvalue weighted by Gasteiger charge is -2.28. The zero-order valence-corrected chi connectivity index (χ0v) is 59.0. The molecule has 0 saturated heterocycles. The summed E-state index contributed by atoms with van der Waals surface area (Å²) in [5.74, 6) is 5.66. The topological polar surface area (TPSA) is 179 Å². The summed E-state index contributed by atoms with van der Waals surface area (Å²) < 4.78 is 64.8. The molecule has 0 aliphatic heterocycles. The predicted molar refractivity (Wildman–Crippen MR) is 393 cm³/mol. The summed E-state index contributed by atoms with van der Waals surface area (Å²) in [5.41, 5.74) is 3.97. The molecule has 0 radical (unpaired) electrons. The van der Waals surface area contributed by atoms with Crippen molar-refractivity contribution in [3.05, 3.63) is 237 Å². The van der Waals surface area contributed by atoms with E-state index in [-0.39, 0.29) is 27.2 Å². The van der Waals surface area contributed by atoms with Crippen LogP contribution in [0.5, 0.6) is 63.2 Å². The van der Waals surface area contributed by atoms with Gasteiger partial charge in [-0.2, -0.15) is 0 Å². The standard InChI is InChI=1S/C22H26O4.C21H30O4.C21H24O4.C20H22O4/c1-3-5-6-7-8-18-9-11-19(12-10-18)24-17-25-20-13-15-21(16-14-20)26-22(23)4-2;2*1-3-5-6-7-17-8-10-18(11-9-17)23-16-24-19-12-14-20(15-13-19)25-21(22)4-2;1-3-5-6-16-7-9-17(10-8-16)22-15-23-18-11-13-19(14-12-18)24-20(21)4-2/h4,9-16H,2-3,5-8,17H2,1H3;4,12-15,17-18H,2-3,5-11,16H2,1H3;4,8-15H,2-3,5-7,16H2,1H3;4,7-14H,2-3,5-6,15H2,1H3. The van der Waals surface area contributed by atoms with Crippen LogP contribution in [0.2, 0.25) is 0 Å². The Bertz CT molecular complexity index is 3410. The molecule has 0 atom stereocenters. The Hall–Kier alpha value is -10.1. The second kappa shape index (κ2) is 49.4. The molecule has 7 aromatic carbocycles. The molecule has 0 aromatic heterocycles. The first-order valence-electron chi connectivity index (χ1n) is 34.9. The van der Waals surface area contributed by atoms with Crippen molar-refractivity contribution >= 4 is 23.9 Å². The van der Waals surface area contributed by atoms with Crippen molar-refractivity contribution in [2.75, 3.05) is 27.2 Å². The van der Waals surface area contributed by atoms with Gasteiger partial charge in [-0.15, -0.1) is 0 Å². The number of unbranched alkanes of at least 4 members (excludes halogenated alkanes) is 8. The van der Waals surface area contributed by atoms with E-state index in [4.69, 9.17) is 56.8 Å². The summed E-state index contributed by atoms with van der Waals surface area (Å²) in [6, 6.07) is 51.4. The lowest BCUT2D eigenvalue weighted by Crippen LogP contribution is -2.23. The second-order valence-electron chi connectivity index (χ2n) is 23.5. The van der Waals surface area contributed by atoms with Crippen LogP contribution in [0.1, 0.15) is 154 Å². The molecule has 0 unspecified atom stereocenters. The van der Waals surface area contributed by atoms with Crippen molar-refractivity contribution in [3.8, 4) is 63.2 Å². The first-order valence-corrected chi connectivity index (χ1v) is 34.9. The Morgan fingerprint density at radius 2 is 0.540 bits per heavy atom. The summed E-state index contributed by atoms with van der Waals surface area (Å²) in [5, 5.41) is 0. The molecule has 1 saturated carbocycles. The molecule has 16 nitrogen and oxygen atoms in total. The Morgan fingerprint density at radius 1 is 0.300 bits per heavy atom. The minimum absolute atomic E-state index is 0.111. The highest BCUT2D eigenvalue weighted by atomic mass is 16.7. The summed E-state index contributed by atoms with van der Waals surface area (Å²) >= 11 is 0. The van der Waals surface area contributed by atoms with Gasteiger partial charge in [0.1, 0.15) is 63.2 Å². The maximum absolute atomic E-state index is 11.1. The number of rotatable bonds is 40. The molecule has 1 aliphatic rings. The van der Waals surface area contributed by atoms with Crippen LogP contribution >= 0.6 is 0 Å². The largest absolute Gasteiger partial charge is 0.468 e. The van der Waals surface area contributed by atoms with Gasteiger partial charge in [0.2, 0.25) is 20.4 Å². The molecular weight excluding hydrogens is 1260 g/mol. The van der Waals surface area contributed by atoms with Crippen LogP contribution < -0.4 is 52.1 Å². The maximum atomic E-state index is 11.1. The van der Waals surface area contributed by atoms with Crippen molar-refractivity contribution in [2.24, 2.45) is 5.92 Å². The first kappa shape index (κ1) is 80.6. The number of hydrogen-bond donors (Lipinski definition) is 0. The van der Waals surface area contributed by atoms with Gasteiger partial charge < -0.3 is 56.8 Å². The Kier molecular flexibility index (Phi) is 39.9. The fourth-order valence-electron chi connectivity index (χ4n) is 9.99. The van der Waals surface area contributed by atoms with E-state index in [2.05, 4.69) is 90.4 Å². The second-order valence-corrected chi connectivity index (χ2v) is 23.5. The molecular formula is C84H102O16. The molecule has 0 spiro atoms. The number of hydrogen-bond acceptors (Lipinski definition) is 16. The van der Waals surface area contributed by atoms with Crippen molar-refractivity contribution in [3.63, 3.8) is 0 Å². The first-order chi connectivity index (χ1) is 48.8. The highest BCUT2D eigenvalue weighted by molar-refractivity contribution is 5.84. The van der Waals surface area contributed by atoms with E-state index in [0.717, 1.165) is 79.6 Å². The summed E-state index contributed by atoms with van der Waals surface area (Å²) in [6.07, 6.45) is 29.5. The molecule has 1 aliphatic carbocycles. The zero-order valence-electron chi connectivity index (χ0n) is 59.0. The van der Waals surface area contributed by atoms with Gasteiger partial charge >= 0.3 is 23.9 Å². The van der Waals surface area contributed by atoms with Crippen LogP contribution in [0.25, 0.3) is 0 Å². The van der Waals surface area contributed by atoms with Crippen molar-refractivity contribution in [1.29, 1.82) is 0 Å². The Labute approximate surface area is 592 Å². The van der Waals surface area contributed by atoms with Gasteiger partial charge in [0, 0.05) is 24.3 Å². The van der Waals surface area contributed by atoms with Crippen molar-refractivity contribution < 1.29 is 76.0 Å². The fraction of sp³-hybridized carbons (Fsp3) is 0.357. The smallest absolute Gasteiger partial charge is 0.335 e. The van der Waals surface area contributed by atoms with Gasteiger partial charge in [-0.25, -0.2) is 19.2 Å². The van der Waals surface area contributed by atoms with Crippen LogP contribution in [0.15, 0.2) is 220 Å². The number of esters is 4. The van der Waals surface area contributed by atoms with Gasteiger partial charge in [0.15, 0.2) is 6.79 Å². The fourth-order valence-corrected chi connectivity index (χ4v) is 9.99. The molecule has 0 heterocycles. The SMILES string of the molecule is C=CC(=O)Oc1ccc(OCOC2CCC(CCCCC)CC2)cc1.C=CC(=O)Oc1ccc(OCOc2ccc(CCCC)cc2)cc1.C=CC(=O)Oc1ccc(OCOc2ccc(CCCCC)cc2)cc1.C=CC(=O)Oc1ccc(OCOc2ccc(CCCCCC)cc2)cc1. The van der Waals surface area contributed by atoms with E-state index < -0.39 is 23.9 Å². The van der Waals surface area contributed by atoms with E-state index in [1.54, 1.807) is 97.1 Å². The van der Waals surface area contributed by atoms with E-state index in [0.29, 0.717) is 52.1 Å². The van der Waals surface area contributed by atoms with Crippen LogP contribution in [0, 0.1) is 5.92 Å². The molecule has 8 rings (SSSR count). The third kappa shape index (κ3) is 34.9. The predicted octanol–water partition coefficient (Wildman–Crippen LogP) is 20.0. The van der Waals surface area contributed by atoms with E-state index in [1.807, 2.05) is 36.4 Å². The molecule has 0 amide bonds. The van der Waals surface area contributed by atoms with Crippen molar-refractivity contribution in [2.45, 2.75) is 162 Å². The van der Waals surface area contributed by atoms with Crippen LogP contribution in [-0.4, -0.2) is 57.2 Å². The molecule has 16 heteroatoms. The van der Waals surface area contributed by atoms with Gasteiger partial charge in [-0.05, 0) is 220 Å². The van der Waals surface area contributed by atoms with Gasteiger partial charge in [0.25, 0.3) is 0 Å². The normalized spacial score (nSPS) is 12.6. The quantitative estimate of drug-likeness (QED) is 0.0116. The summed E-state index contributed by atoms with van der Waals surface area (Å²) in [6.45, 7) is 22.9. The van der Waals surface area contributed by atoms with Gasteiger partial charge in [0.05, 0.1) is 6.10 Å². The monoisotopic (exact) mass is 1370 g/mol. The minimum atomic E-state index is -0.491. The van der Waals surface area contributed by atoms with E-state index in [9.17, 15) is 19.2 Å². The molecule has 0 bridgehead atoms. The third-order valence-electron chi connectivity index (χ3n) is 15.7.